The van der Waals surface area contributed by atoms with Crippen LogP contribution in [0.4, 0.5) is 5.69 Å². The number of nitrogens with zero attached hydrogens (tertiary/aromatic N) is 2. The number of benzene rings is 1. The molecule has 2 N–H and O–H groups in total. The van der Waals surface area contributed by atoms with Crippen LogP contribution in [0, 0.1) is 11.3 Å². The number of hydrogen-bond donors (Lipinski definition) is 2. The van der Waals surface area contributed by atoms with Crippen LogP contribution in [0.1, 0.15) is 12.0 Å². The Morgan fingerprint density at radius 2 is 2.32 bits per heavy atom. The Bertz CT molecular complexity index is 473. The predicted molar refractivity (Wildman–Crippen MR) is 73.7 cm³/mol. The average Bonchev–Trinajstić information content (AvgIpc) is 2.67. The fourth-order valence-electron chi connectivity index (χ4n) is 2.13. The first-order valence-electron chi connectivity index (χ1n) is 6.51. The van der Waals surface area contributed by atoms with Gasteiger partial charge in [-0.3, -0.25) is 9.69 Å². The molecule has 0 unspecified atom stereocenters. The van der Waals surface area contributed by atoms with Crippen molar-refractivity contribution in [3.8, 4) is 6.07 Å². The summed E-state index contributed by atoms with van der Waals surface area (Å²) in [7, 11) is 0. The van der Waals surface area contributed by atoms with Crippen molar-refractivity contribution >= 4 is 11.6 Å². The minimum Gasteiger partial charge on any atom is -0.325 e. The highest BCUT2D eigenvalue weighted by molar-refractivity contribution is 5.92. The third kappa shape index (κ3) is 4.36. The van der Waals surface area contributed by atoms with Gasteiger partial charge in [0.25, 0.3) is 0 Å². The molecule has 100 valence electrons. The molecule has 2 rings (SSSR count). The van der Waals surface area contributed by atoms with Gasteiger partial charge in [0.1, 0.15) is 0 Å². The number of carbonyl (C=O) groups is 1. The second kappa shape index (κ2) is 6.88. The number of nitrogens with one attached hydrogen (secondary N) is 2. The molecule has 0 aromatic heterocycles. The lowest BCUT2D eigenvalue weighted by Gasteiger charge is -2.18. The summed E-state index contributed by atoms with van der Waals surface area (Å²) in [6, 6.07) is 9.02. The highest BCUT2D eigenvalue weighted by Gasteiger charge is 2.12. The molecule has 1 saturated heterocycles. The molecule has 5 heteroatoms. The van der Waals surface area contributed by atoms with E-state index in [2.05, 4.69) is 21.6 Å². The molecule has 0 spiro atoms. The van der Waals surface area contributed by atoms with E-state index in [1.54, 1.807) is 24.3 Å². The van der Waals surface area contributed by atoms with Crippen LogP contribution in [-0.2, 0) is 4.79 Å². The number of rotatable bonds is 3. The fraction of sp³-hybridized carbons (Fsp3) is 0.429. The zero-order valence-electron chi connectivity index (χ0n) is 10.9. The summed E-state index contributed by atoms with van der Waals surface area (Å²) in [4.78, 5) is 14.1. The van der Waals surface area contributed by atoms with Crippen LogP contribution in [0.3, 0.4) is 0 Å². The molecular weight excluding hydrogens is 240 g/mol. The molecule has 19 heavy (non-hydrogen) atoms. The summed E-state index contributed by atoms with van der Waals surface area (Å²) in [6.45, 7) is 4.18. The van der Waals surface area contributed by atoms with Crippen molar-refractivity contribution in [1.29, 1.82) is 5.26 Å². The largest absolute Gasteiger partial charge is 0.325 e. The maximum absolute atomic E-state index is 11.9. The molecule has 1 aliphatic heterocycles. The van der Waals surface area contributed by atoms with Gasteiger partial charge in [-0.2, -0.15) is 5.26 Å². The number of hydrogen-bond acceptors (Lipinski definition) is 4. The number of nitriles is 1. The molecule has 0 radical (unpaired) electrons. The normalized spacial score (nSPS) is 16.4. The molecule has 0 atom stereocenters. The average molecular weight is 258 g/mol. The van der Waals surface area contributed by atoms with Gasteiger partial charge < -0.3 is 10.6 Å². The lowest BCUT2D eigenvalue weighted by Crippen LogP contribution is -2.35. The van der Waals surface area contributed by atoms with Crippen molar-refractivity contribution in [3.63, 3.8) is 0 Å². The Hall–Kier alpha value is -1.90. The Balaban J connectivity index is 1.88. The predicted octanol–water partition coefficient (Wildman–Crippen LogP) is 0.792. The Labute approximate surface area is 113 Å². The Kier molecular flexibility index (Phi) is 4.90. The van der Waals surface area contributed by atoms with Crippen molar-refractivity contribution in [3.05, 3.63) is 29.8 Å². The van der Waals surface area contributed by atoms with Crippen molar-refractivity contribution in [2.24, 2.45) is 0 Å². The van der Waals surface area contributed by atoms with E-state index in [1.165, 1.54) is 0 Å². The van der Waals surface area contributed by atoms with E-state index in [0.29, 0.717) is 17.8 Å². The monoisotopic (exact) mass is 258 g/mol. The van der Waals surface area contributed by atoms with E-state index in [0.717, 1.165) is 32.6 Å². The topological polar surface area (TPSA) is 68.2 Å². The molecule has 0 aliphatic carbocycles. The molecule has 1 aliphatic rings. The van der Waals surface area contributed by atoms with Gasteiger partial charge in [-0.1, -0.05) is 6.07 Å². The molecule has 1 amide bonds. The van der Waals surface area contributed by atoms with E-state index in [1.807, 2.05) is 0 Å². The zero-order chi connectivity index (χ0) is 13.5. The van der Waals surface area contributed by atoms with Crippen LogP contribution < -0.4 is 10.6 Å². The zero-order valence-corrected chi connectivity index (χ0v) is 10.9. The van der Waals surface area contributed by atoms with Crippen LogP contribution in [-0.4, -0.2) is 43.5 Å². The second-order valence-electron chi connectivity index (χ2n) is 4.62. The Morgan fingerprint density at radius 1 is 1.42 bits per heavy atom. The second-order valence-corrected chi connectivity index (χ2v) is 4.62. The molecule has 1 fully saturated rings. The van der Waals surface area contributed by atoms with Gasteiger partial charge in [-0.05, 0) is 37.7 Å². The van der Waals surface area contributed by atoms with Crippen LogP contribution in [0.15, 0.2) is 24.3 Å². The third-order valence-corrected chi connectivity index (χ3v) is 3.08. The summed E-state index contributed by atoms with van der Waals surface area (Å²) in [5, 5.41) is 14.9. The van der Waals surface area contributed by atoms with Gasteiger partial charge >= 0.3 is 0 Å². The molecule has 1 aromatic carbocycles. The van der Waals surface area contributed by atoms with E-state index in [9.17, 15) is 4.79 Å². The number of anilines is 1. The fourth-order valence-corrected chi connectivity index (χ4v) is 2.13. The maximum atomic E-state index is 11.9. The summed E-state index contributed by atoms with van der Waals surface area (Å²) < 4.78 is 0. The summed E-state index contributed by atoms with van der Waals surface area (Å²) in [6.07, 6.45) is 1.07. The van der Waals surface area contributed by atoms with Gasteiger partial charge in [0, 0.05) is 18.8 Å². The van der Waals surface area contributed by atoms with Gasteiger partial charge in [-0.25, -0.2) is 0 Å². The maximum Gasteiger partial charge on any atom is 0.238 e. The quantitative estimate of drug-likeness (QED) is 0.841. The molecule has 5 nitrogen and oxygen atoms in total. The summed E-state index contributed by atoms with van der Waals surface area (Å²) in [5.41, 5.74) is 1.23. The van der Waals surface area contributed by atoms with Crippen LogP contribution >= 0.6 is 0 Å². The van der Waals surface area contributed by atoms with Crippen LogP contribution in [0.2, 0.25) is 0 Å². The highest BCUT2D eigenvalue weighted by atomic mass is 16.2. The third-order valence-electron chi connectivity index (χ3n) is 3.08. The van der Waals surface area contributed by atoms with Crippen molar-refractivity contribution < 1.29 is 4.79 Å². The van der Waals surface area contributed by atoms with Crippen molar-refractivity contribution in [2.75, 3.05) is 38.0 Å². The number of carbonyl (C=O) groups excluding carboxylic acids is 1. The van der Waals surface area contributed by atoms with E-state index in [4.69, 9.17) is 5.26 Å². The summed E-state index contributed by atoms with van der Waals surface area (Å²) >= 11 is 0. The lowest BCUT2D eigenvalue weighted by atomic mass is 10.2. The van der Waals surface area contributed by atoms with Crippen LogP contribution in [0.25, 0.3) is 0 Å². The van der Waals surface area contributed by atoms with Crippen LogP contribution in [0.5, 0.6) is 0 Å². The smallest absolute Gasteiger partial charge is 0.238 e. The van der Waals surface area contributed by atoms with Gasteiger partial charge in [-0.15, -0.1) is 0 Å². The molecular formula is C14H18N4O. The van der Waals surface area contributed by atoms with E-state index in [-0.39, 0.29) is 5.91 Å². The van der Waals surface area contributed by atoms with E-state index < -0.39 is 0 Å². The standard InChI is InChI=1S/C14H18N4O/c15-10-12-3-1-4-13(9-12)17-14(19)11-18-7-2-5-16-6-8-18/h1,3-4,9,16H,2,5-8,11H2,(H,17,19). The first-order valence-corrected chi connectivity index (χ1v) is 6.51. The van der Waals surface area contributed by atoms with Gasteiger partial charge in [0.15, 0.2) is 0 Å². The Morgan fingerprint density at radius 3 is 3.16 bits per heavy atom. The summed E-state index contributed by atoms with van der Waals surface area (Å²) in [5.74, 6) is -0.0306. The van der Waals surface area contributed by atoms with Crippen molar-refractivity contribution in [1.82, 2.24) is 10.2 Å². The van der Waals surface area contributed by atoms with Gasteiger partial charge in [0.2, 0.25) is 5.91 Å². The minimum absolute atomic E-state index is 0.0306. The molecule has 0 bridgehead atoms. The van der Waals surface area contributed by atoms with E-state index >= 15 is 0 Å². The molecule has 1 aromatic rings. The SMILES string of the molecule is N#Cc1cccc(NC(=O)CN2CCCNCC2)c1. The van der Waals surface area contributed by atoms with Crippen molar-refractivity contribution in [2.45, 2.75) is 6.42 Å². The number of amides is 1. The minimum atomic E-state index is -0.0306. The first-order chi connectivity index (χ1) is 9.28. The lowest BCUT2D eigenvalue weighted by molar-refractivity contribution is -0.117. The van der Waals surface area contributed by atoms with Gasteiger partial charge in [0.05, 0.1) is 18.2 Å². The molecule has 0 saturated carbocycles. The first kappa shape index (κ1) is 13.5. The highest BCUT2D eigenvalue weighted by Crippen LogP contribution is 2.09. The molecule has 1 heterocycles.